The maximum atomic E-state index is 12.0. The van der Waals surface area contributed by atoms with Gasteiger partial charge in [-0.2, -0.15) is 5.10 Å². The van der Waals surface area contributed by atoms with Crippen molar-refractivity contribution in [1.82, 2.24) is 9.78 Å². The van der Waals surface area contributed by atoms with E-state index >= 15 is 0 Å². The van der Waals surface area contributed by atoms with E-state index in [4.69, 9.17) is 0 Å². The molecule has 3 rings (SSSR count). The summed E-state index contributed by atoms with van der Waals surface area (Å²) in [6, 6.07) is 9.53. The number of anilines is 1. The fourth-order valence-electron chi connectivity index (χ4n) is 2.52. The van der Waals surface area contributed by atoms with E-state index in [2.05, 4.69) is 5.10 Å². The molecule has 0 radical (unpaired) electrons. The van der Waals surface area contributed by atoms with Crippen molar-refractivity contribution in [3.05, 3.63) is 48.3 Å². The van der Waals surface area contributed by atoms with Crippen molar-refractivity contribution in [3.8, 4) is 0 Å². The first kappa shape index (κ1) is 12.2. The molecule has 0 aliphatic carbocycles. The van der Waals surface area contributed by atoms with Gasteiger partial charge in [-0.1, -0.05) is 18.2 Å². The second kappa shape index (κ2) is 4.38. The lowest BCUT2D eigenvalue weighted by Gasteiger charge is -2.34. The van der Waals surface area contributed by atoms with Gasteiger partial charge in [0.1, 0.15) is 0 Å². The second-order valence-corrected chi connectivity index (χ2v) is 6.67. The second-order valence-electron chi connectivity index (χ2n) is 4.77. The zero-order valence-corrected chi connectivity index (χ0v) is 11.4. The Morgan fingerprint density at radius 1 is 1.26 bits per heavy atom. The third-order valence-corrected chi connectivity index (χ3v) is 4.54. The van der Waals surface area contributed by atoms with Crippen molar-refractivity contribution >= 4 is 15.7 Å². The largest absolute Gasteiger partial charge is 0.268 e. The maximum absolute atomic E-state index is 12.0. The molecule has 0 bridgehead atoms. The van der Waals surface area contributed by atoms with Crippen molar-refractivity contribution in [2.24, 2.45) is 0 Å². The lowest BCUT2D eigenvalue weighted by molar-refractivity contribution is 0.446. The van der Waals surface area contributed by atoms with Gasteiger partial charge in [0.2, 0.25) is 10.0 Å². The highest BCUT2D eigenvalue weighted by Gasteiger charge is 2.30. The quantitative estimate of drug-likeness (QED) is 0.835. The van der Waals surface area contributed by atoms with Crippen LogP contribution in [0.2, 0.25) is 0 Å². The van der Waals surface area contributed by atoms with Crippen molar-refractivity contribution in [2.45, 2.75) is 12.5 Å². The third-order valence-electron chi connectivity index (χ3n) is 3.39. The number of aromatic nitrogens is 2. The topological polar surface area (TPSA) is 55.2 Å². The molecule has 1 aromatic carbocycles. The number of hydrogen-bond acceptors (Lipinski definition) is 3. The predicted octanol–water partition coefficient (Wildman–Crippen LogP) is 1.45. The van der Waals surface area contributed by atoms with Crippen LogP contribution in [0.5, 0.6) is 0 Å². The first-order valence-electron chi connectivity index (χ1n) is 6.10. The fourth-order valence-corrected chi connectivity index (χ4v) is 3.50. The highest BCUT2D eigenvalue weighted by molar-refractivity contribution is 7.92. The summed E-state index contributed by atoms with van der Waals surface area (Å²) < 4.78 is 27.2. The lowest BCUT2D eigenvalue weighted by Crippen LogP contribution is -2.40. The zero-order chi connectivity index (χ0) is 13.5. The number of benzene rings is 1. The summed E-state index contributed by atoms with van der Waals surface area (Å²) in [6.07, 6.45) is 5.63. The molecule has 0 N–H and O–H groups in total. The summed E-state index contributed by atoms with van der Waals surface area (Å²) >= 11 is 0. The smallest absolute Gasteiger partial charge is 0.232 e. The molecule has 0 spiro atoms. The lowest BCUT2D eigenvalue weighted by atomic mass is 10.00. The molecule has 0 unspecified atom stereocenters. The molecule has 5 nitrogen and oxygen atoms in total. The SMILES string of the molecule is CS(=O)(=O)N1C[C@H](n2cccn2)Cc2ccccc21. The monoisotopic (exact) mass is 277 g/mol. The molecule has 0 saturated heterocycles. The minimum atomic E-state index is -3.27. The Hall–Kier alpha value is -1.82. The van der Waals surface area contributed by atoms with Crippen LogP contribution in [-0.4, -0.2) is 31.0 Å². The van der Waals surface area contributed by atoms with Gasteiger partial charge in [0.15, 0.2) is 0 Å². The Kier molecular flexibility index (Phi) is 2.82. The van der Waals surface area contributed by atoms with E-state index in [0.29, 0.717) is 6.54 Å². The van der Waals surface area contributed by atoms with Crippen molar-refractivity contribution in [2.75, 3.05) is 17.1 Å². The van der Waals surface area contributed by atoms with Crippen molar-refractivity contribution < 1.29 is 8.42 Å². The van der Waals surface area contributed by atoms with Gasteiger partial charge < -0.3 is 0 Å². The summed E-state index contributed by atoms with van der Waals surface area (Å²) in [5.74, 6) is 0. The van der Waals surface area contributed by atoms with Gasteiger partial charge in [0, 0.05) is 12.4 Å². The summed E-state index contributed by atoms with van der Waals surface area (Å²) in [6.45, 7) is 0.428. The number of nitrogens with zero attached hydrogens (tertiary/aromatic N) is 3. The van der Waals surface area contributed by atoms with E-state index in [0.717, 1.165) is 17.7 Å². The van der Waals surface area contributed by atoms with Gasteiger partial charge >= 0.3 is 0 Å². The van der Waals surface area contributed by atoms with Gasteiger partial charge in [0.25, 0.3) is 0 Å². The summed E-state index contributed by atoms with van der Waals surface area (Å²) in [4.78, 5) is 0. The Bertz CT molecular complexity index is 680. The van der Waals surface area contributed by atoms with E-state index < -0.39 is 10.0 Å². The van der Waals surface area contributed by atoms with Gasteiger partial charge in [-0.05, 0) is 24.1 Å². The van der Waals surface area contributed by atoms with Crippen molar-refractivity contribution in [3.63, 3.8) is 0 Å². The Morgan fingerprint density at radius 2 is 2.05 bits per heavy atom. The number of para-hydroxylation sites is 1. The average Bonchev–Trinajstić information content (AvgIpc) is 2.90. The number of fused-ring (bicyclic) bond motifs is 1. The fraction of sp³-hybridized carbons (Fsp3) is 0.308. The third kappa shape index (κ3) is 2.23. The molecule has 1 aromatic heterocycles. The Balaban J connectivity index is 2.06. The molecule has 2 aromatic rings. The number of hydrogen-bond donors (Lipinski definition) is 0. The van der Waals surface area contributed by atoms with Gasteiger partial charge in [-0.25, -0.2) is 8.42 Å². The molecule has 6 heteroatoms. The van der Waals surface area contributed by atoms with Crippen LogP contribution < -0.4 is 4.31 Å². The first-order valence-corrected chi connectivity index (χ1v) is 7.95. The van der Waals surface area contributed by atoms with E-state index in [-0.39, 0.29) is 6.04 Å². The van der Waals surface area contributed by atoms with E-state index in [1.165, 1.54) is 10.6 Å². The van der Waals surface area contributed by atoms with Crippen molar-refractivity contribution in [1.29, 1.82) is 0 Å². The normalized spacial score (nSPS) is 19.2. The van der Waals surface area contributed by atoms with E-state index in [1.54, 1.807) is 6.20 Å². The highest BCUT2D eigenvalue weighted by Crippen LogP contribution is 2.32. The van der Waals surface area contributed by atoms with Crippen LogP contribution >= 0.6 is 0 Å². The summed E-state index contributed by atoms with van der Waals surface area (Å²) in [5.41, 5.74) is 1.83. The highest BCUT2D eigenvalue weighted by atomic mass is 32.2. The first-order chi connectivity index (χ1) is 9.05. The predicted molar refractivity (Wildman–Crippen MR) is 73.6 cm³/mol. The van der Waals surface area contributed by atoms with Crippen LogP contribution in [0, 0.1) is 0 Å². The molecule has 0 saturated carbocycles. The van der Waals surface area contributed by atoms with Crippen LogP contribution in [0.1, 0.15) is 11.6 Å². The molecular weight excluding hydrogens is 262 g/mol. The molecule has 1 atom stereocenters. The maximum Gasteiger partial charge on any atom is 0.232 e. The minimum absolute atomic E-state index is 0.0413. The van der Waals surface area contributed by atoms with Crippen LogP contribution in [0.25, 0.3) is 0 Å². The van der Waals surface area contributed by atoms with Crippen LogP contribution in [-0.2, 0) is 16.4 Å². The van der Waals surface area contributed by atoms with Gasteiger partial charge in [0.05, 0.1) is 24.5 Å². The molecule has 1 aliphatic heterocycles. The van der Waals surface area contributed by atoms with Crippen LogP contribution in [0.15, 0.2) is 42.7 Å². The summed E-state index contributed by atoms with van der Waals surface area (Å²) in [7, 11) is -3.27. The molecular formula is C13H15N3O2S. The minimum Gasteiger partial charge on any atom is -0.268 e. The Labute approximate surface area is 112 Å². The molecule has 0 fully saturated rings. The average molecular weight is 277 g/mol. The van der Waals surface area contributed by atoms with E-state index in [9.17, 15) is 8.42 Å². The molecule has 2 heterocycles. The van der Waals surface area contributed by atoms with E-state index in [1.807, 2.05) is 41.2 Å². The van der Waals surface area contributed by atoms with Gasteiger partial charge in [-0.15, -0.1) is 0 Å². The van der Waals surface area contributed by atoms with Crippen LogP contribution in [0.3, 0.4) is 0 Å². The van der Waals surface area contributed by atoms with Gasteiger partial charge in [-0.3, -0.25) is 8.99 Å². The Morgan fingerprint density at radius 3 is 2.74 bits per heavy atom. The zero-order valence-electron chi connectivity index (χ0n) is 10.6. The molecule has 100 valence electrons. The number of rotatable bonds is 2. The molecule has 0 amide bonds. The number of sulfonamides is 1. The van der Waals surface area contributed by atoms with Crippen LogP contribution in [0.4, 0.5) is 5.69 Å². The summed E-state index contributed by atoms with van der Waals surface area (Å²) in [5, 5.41) is 4.22. The molecule has 1 aliphatic rings. The standard InChI is InChI=1S/C13H15N3O2S/c1-19(17,18)16-10-12(15-8-4-7-14-15)9-11-5-2-3-6-13(11)16/h2-8,12H,9-10H2,1H3/t12-/m1/s1. The molecule has 19 heavy (non-hydrogen) atoms.